The highest BCUT2D eigenvalue weighted by Crippen LogP contribution is 2.26. The van der Waals surface area contributed by atoms with Crippen LogP contribution in [-0.4, -0.2) is 8.76 Å². The summed E-state index contributed by atoms with van der Waals surface area (Å²) in [5, 5.41) is 3.34. The molecule has 124 valence electrons. The van der Waals surface area contributed by atoms with Gasteiger partial charge in [0.15, 0.2) is 11.1 Å². The molecule has 1 atom stereocenters. The monoisotopic (exact) mass is 331 g/mol. The molecule has 3 nitrogen and oxygen atoms in total. The van der Waals surface area contributed by atoms with Crippen molar-refractivity contribution < 1.29 is 8.76 Å². The van der Waals surface area contributed by atoms with Gasteiger partial charge in [-0.25, -0.2) is 4.21 Å². The molecule has 0 bridgehead atoms. The number of benzene rings is 2. The van der Waals surface area contributed by atoms with Gasteiger partial charge in [-0.15, -0.1) is 0 Å². The standard InChI is InChI=1S/C19H25NO2S/c1-4-19(2,3)17-11-9-15(10-12-17)13-20-14-16-7-5-6-8-18(16)23(21)22/h5-12,20H,4,13-14H2,1-3H3,(H,21,22). The fourth-order valence-electron chi connectivity index (χ4n) is 2.44. The highest BCUT2D eigenvalue weighted by atomic mass is 32.2. The first-order valence-corrected chi connectivity index (χ1v) is 9.03. The lowest BCUT2D eigenvalue weighted by Gasteiger charge is -2.23. The van der Waals surface area contributed by atoms with Gasteiger partial charge in [-0.3, -0.25) is 0 Å². The minimum Gasteiger partial charge on any atom is -0.309 e. The maximum Gasteiger partial charge on any atom is 0.186 e. The van der Waals surface area contributed by atoms with Crippen molar-refractivity contribution >= 4 is 11.1 Å². The summed E-state index contributed by atoms with van der Waals surface area (Å²) in [5.74, 6) is 0. The van der Waals surface area contributed by atoms with Crippen molar-refractivity contribution in [1.82, 2.24) is 5.32 Å². The number of hydrogen-bond donors (Lipinski definition) is 2. The summed E-state index contributed by atoms with van der Waals surface area (Å²) >= 11 is -1.94. The molecule has 23 heavy (non-hydrogen) atoms. The second-order valence-electron chi connectivity index (χ2n) is 6.39. The predicted molar refractivity (Wildman–Crippen MR) is 95.8 cm³/mol. The lowest BCUT2D eigenvalue weighted by Crippen LogP contribution is -2.16. The Morgan fingerprint density at radius 3 is 2.30 bits per heavy atom. The number of rotatable bonds is 7. The first-order valence-electron chi connectivity index (χ1n) is 7.93. The van der Waals surface area contributed by atoms with Crippen LogP contribution in [0.5, 0.6) is 0 Å². The van der Waals surface area contributed by atoms with Crippen LogP contribution in [0.15, 0.2) is 53.4 Å². The second-order valence-corrected chi connectivity index (χ2v) is 7.33. The summed E-state index contributed by atoms with van der Waals surface area (Å²) in [5.41, 5.74) is 3.63. The molecule has 0 radical (unpaired) electrons. The summed E-state index contributed by atoms with van der Waals surface area (Å²) in [6.45, 7) is 8.03. The number of nitrogens with one attached hydrogen (secondary N) is 1. The molecule has 2 aromatic rings. The lowest BCUT2D eigenvalue weighted by molar-refractivity contribution is 0.506. The second kappa shape index (κ2) is 7.86. The van der Waals surface area contributed by atoms with E-state index in [1.165, 1.54) is 11.1 Å². The van der Waals surface area contributed by atoms with Crippen LogP contribution in [0.1, 0.15) is 43.9 Å². The normalized spacial score (nSPS) is 13.0. The summed E-state index contributed by atoms with van der Waals surface area (Å²) in [7, 11) is 0. The third-order valence-corrected chi connectivity index (χ3v) is 5.20. The van der Waals surface area contributed by atoms with Crippen LogP contribution in [0.3, 0.4) is 0 Å². The molecule has 2 N–H and O–H groups in total. The van der Waals surface area contributed by atoms with E-state index in [0.717, 1.165) is 18.5 Å². The van der Waals surface area contributed by atoms with Crippen molar-refractivity contribution in [2.75, 3.05) is 0 Å². The maximum atomic E-state index is 11.3. The van der Waals surface area contributed by atoms with Crippen molar-refractivity contribution in [3.8, 4) is 0 Å². The third-order valence-electron chi connectivity index (χ3n) is 4.42. The van der Waals surface area contributed by atoms with Crippen LogP contribution in [0.2, 0.25) is 0 Å². The molecule has 0 aliphatic rings. The van der Waals surface area contributed by atoms with E-state index in [1.54, 1.807) is 12.1 Å². The van der Waals surface area contributed by atoms with Gasteiger partial charge < -0.3 is 9.87 Å². The summed E-state index contributed by atoms with van der Waals surface area (Å²) < 4.78 is 20.6. The molecule has 1 unspecified atom stereocenters. The molecule has 0 spiro atoms. The van der Waals surface area contributed by atoms with Crippen LogP contribution in [0, 0.1) is 0 Å². The summed E-state index contributed by atoms with van der Waals surface area (Å²) in [6, 6.07) is 15.9. The van der Waals surface area contributed by atoms with Crippen molar-refractivity contribution in [3.63, 3.8) is 0 Å². The molecule has 0 heterocycles. The van der Waals surface area contributed by atoms with Gasteiger partial charge in [-0.1, -0.05) is 63.2 Å². The molecule has 0 aliphatic heterocycles. The molecular weight excluding hydrogens is 306 g/mol. The minimum atomic E-state index is -1.94. The smallest absolute Gasteiger partial charge is 0.186 e. The minimum absolute atomic E-state index is 0.204. The molecule has 0 saturated carbocycles. The zero-order chi connectivity index (χ0) is 16.9. The molecule has 0 aliphatic carbocycles. The average molecular weight is 331 g/mol. The molecule has 4 heteroatoms. The van der Waals surface area contributed by atoms with Gasteiger partial charge in [0, 0.05) is 13.1 Å². The maximum absolute atomic E-state index is 11.3. The van der Waals surface area contributed by atoms with E-state index < -0.39 is 11.1 Å². The van der Waals surface area contributed by atoms with Gasteiger partial charge >= 0.3 is 0 Å². The Bertz CT molecular complexity index is 665. The van der Waals surface area contributed by atoms with Gasteiger partial charge in [-0.05, 0) is 34.6 Å². The van der Waals surface area contributed by atoms with Crippen LogP contribution >= 0.6 is 0 Å². The predicted octanol–water partition coefficient (Wildman–Crippen LogP) is 4.24. The van der Waals surface area contributed by atoms with Crippen molar-refractivity contribution in [3.05, 3.63) is 65.2 Å². The molecule has 2 aromatic carbocycles. The molecule has 2 rings (SSSR count). The van der Waals surface area contributed by atoms with Crippen molar-refractivity contribution in [1.29, 1.82) is 0 Å². The van der Waals surface area contributed by atoms with E-state index in [0.29, 0.717) is 11.4 Å². The fraction of sp³-hybridized carbons (Fsp3) is 0.368. The van der Waals surface area contributed by atoms with E-state index in [4.69, 9.17) is 0 Å². The summed E-state index contributed by atoms with van der Waals surface area (Å²) in [6.07, 6.45) is 1.11. The zero-order valence-electron chi connectivity index (χ0n) is 14.0. The molecule has 0 fully saturated rings. The van der Waals surface area contributed by atoms with Crippen LogP contribution in [-0.2, 0) is 29.6 Å². The molecule has 0 saturated heterocycles. The highest BCUT2D eigenvalue weighted by Gasteiger charge is 2.17. The first-order chi connectivity index (χ1) is 10.9. The van der Waals surface area contributed by atoms with Crippen LogP contribution < -0.4 is 5.32 Å². The quantitative estimate of drug-likeness (QED) is 0.746. The van der Waals surface area contributed by atoms with Gasteiger partial charge in [0.2, 0.25) is 0 Å². The Hall–Kier alpha value is -1.49. The van der Waals surface area contributed by atoms with Crippen molar-refractivity contribution in [2.45, 2.75) is 50.6 Å². The van der Waals surface area contributed by atoms with E-state index in [-0.39, 0.29) is 5.41 Å². The fourth-order valence-corrected chi connectivity index (χ4v) is 3.00. The van der Waals surface area contributed by atoms with Crippen LogP contribution in [0.25, 0.3) is 0 Å². The van der Waals surface area contributed by atoms with Gasteiger partial charge in [0.05, 0.1) is 4.90 Å². The Balaban J connectivity index is 1.96. The van der Waals surface area contributed by atoms with E-state index in [9.17, 15) is 8.76 Å². The molecular formula is C19H25NO2S. The van der Waals surface area contributed by atoms with Gasteiger partial charge in [-0.2, -0.15) is 0 Å². The molecule has 0 amide bonds. The lowest BCUT2D eigenvalue weighted by atomic mass is 9.82. The average Bonchev–Trinajstić information content (AvgIpc) is 2.55. The van der Waals surface area contributed by atoms with Crippen molar-refractivity contribution in [2.24, 2.45) is 0 Å². The Kier molecular flexibility index (Phi) is 6.10. The first kappa shape index (κ1) is 17.9. The highest BCUT2D eigenvalue weighted by molar-refractivity contribution is 7.79. The van der Waals surface area contributed by atoms with E-state index >= 15 is 0 Å². The van der Waals surface area contributed by atoms with Gasteiger partial charge in [0.1, 0.15) is 0 Å². The van der Waals surface area contributed by atoms with E-state index in [1.807, 2.05) is 12.1 Å². The Morgan fingerprint density at radius 2 is 1.70 bits per heavy atom. The van der Waals surface area contributed by atoms with Gasteiger partial charge in [0.25, 0.3) is 0 Å². The Morgan fingerprint density at radius 1 is 1.04 bits per heavy atom. The third kappa shape index (κ3) is 4.74. The number of hydrogen-bond acceptors (Lipinski definition) is 2. The topological polar surface area (TPSA) is 49.3 Å². The summed E-state index contributed by atoms with van der Waals surface area (Å²) in [4.78, 5) is 0.472. The largest absolute Gasteiger partial charge is 0.309 e. The van der Waals surface area contributed by atoms with Crippen LogP contribution in [0.4, 0.5) is 0 Å². The SMILES string of the molecule is CCC(C)(C)c1ccc(CNCc2ccccc2S(=O)O)cc1. The van der Waals surface area contributed by atoms with E-state index in [2.05, 4.69) is 50.4 Å². The Labute approximate surface area is 141 Å². The zero-order valence-corrected chi connectivity index (χ0v) is 14.8. The molecule has 0 aromatic heterocycles.